The first-order valence-corrected chi connectivity index (χ1v) is 14.3. The molecule has 0 radical (unpaired) electrons. The predicted octanol–water partition coefficient (Wildman–Crippen LogP) is 6.16. The van der Waals surface area contributed by atoms with Gasteiger partial charge in [-0.3, -0.25) is 4.79 Å². The number of halogens is 3. The maximum absolute atomic E-state index is 13.7. The fourth-order valence-corrected chi connectivity index (χ4v) is 7.59. The minimum absolute atomic E-state index is 0.0419. The Balaban J connectivity index is 1.70. The summed E-state index contributed by atoms with van der Waals surface area (Å²) >= 11 is 13.9. The van der Waals surface area contributed by atoms with E-state index < -0.39 is 22.1 Å². The van der Waals surface area contributed by atoms with E-state index in [1.54, 1.807) is 35.3 Å². The monoisotopic (exact) mass is 554 g/mol. The number of nitrogens with zero attached hydrogens (tertiary/aromatic N) is 2. The number of amides is 1. The van der Waals surface area contributed by atoms with Crippen LogP contribution in [0.3, 0.4) is 0 Å². The number of sulfonamides is 1. The molecule has 1 aliphatic heterocycles. The van der Waals surface area contributed by atoms with Crippen molar-refractivity contribution in [3.05, 3.63) is 85.8 Å². The van der Waals surface area contributed by atoms with E-state index in [-0.39, 0.29) is 33.2 Å². The van der Waals surface area contributed by atoms with Gasteiger partial charge in [0.1, 0.15) is 10.7 Å². The topological polar surface area (TPSA) is 57.7 Å². The van der Waals surface area contributed by atoms with Crippen LogP contribution in [-0.4, -0.2) is 42.7 Å². The summed E-state index contributed by atoms with van der Waals surface area (Å²) in [5, 5.41) is 2.26. The van der Waals surface area contributed by atoms with Crippen molar-refractivity contribution in [3.63, 3.8) is 0 Å². The molecule has 0 saturated heterocycles. The molecule has 1 aliphatic rings. The minimum atomic E-state index is -4.11. The van der Waals surface area contributed by atoms with Crippen molar-refractivity contribution in [1.29, 1.82) is 0 Å². The third-order valence-electron chi connectivity index (χ3n) is 6.33. The molecule has 0 bridgehead atoms. The average Bonchev–Trinajstić information content (AvgIpc) is 3.32. The van der Waals surface area contributed by atoms with Gasteiger partial charge in [0.25, 0.3) is 0 Å². The molecule has 0 N–H and O–H groups in total. The van der Waals surface area contributed by atoms with Gasteiger partial charge in [-0.25, -0.2) is 12.8 Å². The van der Waals surface area contributed by atoms with Crippen LogP contribution < -0.4 is 0 Å². The van der Waals surface area contributed by atoms with E-state index in [1.807, 2.05) is 18.4 Å². The molecule has 35 heavy (non-hydrogen) atoms. The van der Waals surface area contributed by atoms with Crippen molar-refractivity contribution < 1.29 is 17.6 Å². The largest absolute Gasteiger partial charge is 0.330 e. The van der Waals surface area contributed by atoms with Crippen LogP contribution in [0.5, 0.6) is 0 Å². The van der Waals surface area contributed by atoms with E-state index in [4.69, 9.17) is 23.2 Å². The van der Waals surface area contributed by atoms with Crippen LogP contribution in [0.4, 0.5) is 4.39 Å². The van der Waals surface area contributed by atoms with E-state index in [1.165, 1.54) is 39.5 Å². The Morgan fingerprint density at radius 3 is 2.60 bits per heavy atom. The molecule has 1 aromatic heterocycles. The van der Waals surface area contributed by atoms with Gasteiger partial charge < -0.3 is 4.90 Å². The Morgan fingerprint density at radius 1 is 1.20 bits per heavy atom. The number of carbonyl (C=O) groups is 1. The van der Waals surface area contributed by atoms with Crippen LogP contribution in [0.25, 0.3) is 0 Å². The highest BCUT2D eigenvalue weighted by molar-refractivity contribution is 7.89. The summed E-state index contributed by atoms with van der Waals surface area (Å²) in [5.41, 5.74) is 1.76. The molecule has 10 heteroatoms. The second-order valence-electron chi connectivity index (χ2n) is 8.47. The molecule has 1 amide bonds. The lowest BCUT2D eigenvalue weighted by molar-refractivity contribution is -0.133. The van der Waals surface area contributed by atoms with E-state index in [9.17, 15) is 17.6 Å². The van der Waals surface area contributed by atoms with Gasteiger partial charge in [0.2, 0.25) is 15.9 Å². The number of benzene rings is 2. The number of fused-ring (bicyclic) bond motifs is 1. The summed E-state index contributed by atoms with van der Waals surface area (Å²) in [4.78, 5) is 16.5. The number of thiophene rings is 1. The van der Waals surface area contributed by atoms with Crippen molar-refractivity contribution in [2.24, 2.45) is 0 Å². The number of hydrogen-bond donors (Lipinski definition) is 0. The minimum Gasteiger partial charge on any atom is -0.330 e. The molecular formula is C25H25Cl2FN2O3S2. The lowest BCUT2D eigenvalue weighted by Crippen LogP contribution is -2.49. The second-order valence-corrected chi connectivity index (χ2v) is 12.2. The third-order valence-corrected chi connectivity index (χ3v) is 10.00. The zero-order chi connectivity index (χ0) is 25.3. The fraction of sp³-hybridized carbons (Fsp3) is 0.320. The highest BCUT2D eigenvalue weighted by atomic mass is 35.5. The molecule has 2 aromatic carbocycles. The summed E-state index contributed by atoms with van der Waals surface area (Å²) in [7, 11) is -4.11. The average molecular weight is 556 g/mol. The molecule has 0 saturated carbocycles. The van der Waals surface area contributed by atoms with Crippen LogP contribution in [0.15, 0.2) is 58.8 Å². The Kier molecular flexibility index (Phi) is 7.88. The molecule has 0 unspecified atom stereocenters. The van der Waals surface area contributed by atoms with E-state index >= 15 is 0 Å². The summed E-state index contributed by atoms with van der Waals surface area (Å²) < 4.78 is 42.1. The van der Waals surface area contributed by atoms with Gasteiger partial charge in [-0.2, -0.15) is 4.31 Å². The zero-order valence-electron chi connectivity index (χ0n) is 19.2. The van der Waals surface area contributed by atoms with Crippen molar-refractivity contribution in [3.8, 4) is 0 Å². The molecule has 4 rings (SSSR count). The molecule has 0 spiro atoms. The molecule has 0 aliphatic carbocycles. The SMILES string of the molecule is CC[C@H](C)N(CC(=O)N1CCc2sccc2[C@@H]1c1ccc(F)cc1)S(=O)(=O)c1cc(Cl)ccc1Cl. The van der Waals surface area contributed by atoms with Gasteiger partial charge in [0.05, 0.1) is 17.6 Å². The second kappa shape index (κ2) is 10.6. The lowest BCUT2D eigenvalue weighted by Gasteiger charge is -2.38. The number of hydrogen-bond acceptors (Lipinski definition) is 4. The van der Waals surface area contributed by atoms with E-state index in [0.717, 1.165) is 11.1 Å². The van der Waals surface area contributed by atoms with Crippen molar-refractivity contribution >= 4 is 50.5 Å². The molecule has 2 heterocycles. The van der Waals surface area contributed by atoms with Crippen LogP contribution >= 0.6 is 34.5 Å². The Bertz CT molecular complexity index is 1330. The lowest BCUT2D eigenvalue weighted by atomic mass is 9.93. The van der Waals surface area contributed by atoms with Gasteiger partial charge in [0, 0.05) is 22.5 Å². The molecule has 2 atom stereocenters. The zero-order valence-corrected chi connectivity index (χ0v) is 22.4. The summed E-state index contributed by atoms with van der Waals surface area (Å²) in [6.45, 7) is 3.70. The molecular weight excluding hydrogens is 530 g/mol. The molecule has 5 nitrogen and oxygen atoms in total. The van der Waals surface area contributed by atoms with Crippen molar-refractivity contribution in [1.82, 2.24) is 9.21 Å². The van der Waals surface area contributed by atoms with Gasteiger partial charge in [-0.05, 0) is 72.7 Å². The first kappa shape index (κ1) is 26.1. The van der Waals surface area contributed by atoms with Gasteiger partial charge in [-0.1, -0.05) is 42.3 Å². The highest BCUT2D eigenvalue weighted by Crippen LogP contribution is 2.38. The third kappa shape index (κ3) is 5.27. The van der Waals surface area contributed by atoms with Crippen LogP contribution in [0.2, 0.25) is 10.0 Å². The van der Waals surface area contributed by atoms with Crippen LogP contribution in [0, 0.1) is 5.82 Å². The van der Waals surface area contributed by atoms with Crippen LogP contribution in [-0.2, 0) is 21.2 Å². The van der Waals surface area contributed by atoms with E-state index in [0.29, 0.717) is 19.4 Å². The maximum Gasteiger partial charge on any atom is 0.245 e. The highest BCUT2D eigenvalue weighted by Gasteiger charge is 2.37. The summed E-state index contributed by atoms with van der Waals surface area (Å²) in [5.74, 6) is -0.696. The van der Waals surface area contributed by atoms with Crippen molar-refractivity contribution in [2.75, 3.05) is 13.1 Å². The predicted molar refractivity (Wildman–Crippen MR) is 138 cm³/mol. The summed E-state index contributed by atoms with van der Waals surface area (Å²) in [6, 6.07) is 11.4. The van der Waals surface area contributed by atoms with E-state index in [2.05, 4.69) is 0 Å². The smallest absolute Gasteiger partial charge is 0.245 e. The Hall–Kier alpha value is -1.97. The Labute approximate surface area is 219 Å². The van der Waals surface area contributed by atoms with Gasteiger partial charge in [-0.15, -0.1) is 11.3 Å². The quantitative estimate of drug-likeness (QED) is 0.351. The standard InChI is InChI=1S/C25H25Cl2FN2O3S2/c1-3-16(2)30(35(32,33)23-14-18(26)6-9-21(23)27)15-24(31)29-12-10-22-20(11-13-34-22)25(29)17-4-7-19(28)8-5-17/h4-9,11,13-14,16,25H,3,10,12,15H2,1-2H3/t16-,25-/m0/s1. The fourth-order valence-electron chi connectivity index (χ4n) is 4.30. The molecule has 3 aromatic rings. The first-order valence-electron chi connectivity index (χ1n) is 11.2. The number of carbonyl (C=O) groups excluding carboxylic acids is 1. The normalized spacial score (nSPS) is 16.9. The van der Waals surface area contributed by atoms with Gasteiger partial charge >= 0.3 is 0 Å². The van der Waals surface area contributed by atoms with Crippen LogP contribution in [0.1, 0.15) is 42.3 Å². The van der Waals surface area contributed by atoms with Crippen molar-refractivity contribution in [2.45, 2.75) is 43.7 Å². The maximum atomic E-state index is 13.7. The molecule has 186 valence electrons. The Morgan fingerprint density at radius 2 is 1.91 bits per heavy atom. The molecule has 0 fully saturated rings. The number of rotatable bonds is 7. The van der Waals surface area contributed by atoms with Gasteiger partial charge in [0.15, 0.2) is 0 Å². The first-order chi connectivity index (χ1) is 16.6. The summed E-state index contributed by atoms with van der Waals surface area (Å²) in [6.07, 6.45) is 1.17.